The molecular weight excluding hydrogens is 276 g/mol. The van der Waals surface area contributed by atoms with Gasteiger partial charge >= 0.3 is 0 Å². The van der Waals surface area contributed by atoms with Crippen molar-refractivity contribution in [2.45, 2.75) is 53.4 Å². The van der Waals surface area contributed by atoms with E-state index in [2.05, 4.69) is 34.2 Å². The molecule has 1 aromatic rings. The van der Waals surface area contributed by atoms with E-state index in [4.69, 9.17) is 4.52 Å². The van der Waals surface area contributed by atoms with E-state index >= 15 is 0 Å². The summed E-state index contributed by atoms with van der Waals surface area (Å²) in [6, 6.07) is 0. The first kappa shape index (κ1) is 16.8. The zero-order valence-corrected chi connectivity index (χ0v) is 14.7. The summed E-state index contributed by atoms with van der Waals surface area (Å²) in [5.74, 6) is 1.95. The summed E-state index contributed by atoms with van der Waals surface area (Å²) in [7, 11) is 1.87. The molecule has 0 spiro atoms. The third-order valence-corrected chi connectivity index (χ3v) is 5.29. The summed E-state index contributed by atoms with van der Waals surface area (Å²) in [6.07, 6.45) is 4.68. The van der Waals surface area contributed by atoms with Gasteiger partial charge in [0.05, 0.1) is 5.69 Å². The van der Waals surface area contributed by atoms with Gasteiger partial charge in [0.25, 0.3) is 0 Å². The Morgan fingerprint density at radius 3 is 2.59 bits per heavy atom. The highest BCUT2D eigenvalue weighted by Crippen LogP contribution is 2.36. The Morgan fingerprint density at radius 1 is 1.36 bits per heavy atom. The van der Waals surface area contributed by atoms with Gasteiger partial charge in [-0.2, -0.15) is 0 Å². The van der Waals surface area contributed by atoms with E-state index in [1.807, 2.05) is 20.9 Å². The highest BCUT2D eigenvalue weighted by Gasteiger charge is 2.36. The second-order valence-electron chi connectivity index (χ2n) is 6.41. The topological polar surface area (TPSA) is 53.7 Å². The van der Waals surface area contributed by atoms with Crippen molar-refractivity contribution in [3.63, 3.8) is 0 Å². The Morgan fingerprint density at radius 2 is 2.09 bits per heavy atom. The van der Waals surface area contributed by atoms with Crippen molar-refractivity contribution in [1.29, 1.82) is 0 Å². The molecule has 1 aliphatic rings. The third kappa shape index (κ3) is 3.45. The summed E-state index contributed by atoms with van der Waals surface area (Å²) in [5, 5.41) is 7.51. The van der Waals surface area contributed by atoms with E-state index in [-0.39, 0.29) is 0 Å². The van der Waals surface area contributed by atoms with E-state index in [0.29, 0.717) is 5.41 Å². The number of rotatable bonds is 5. The van der Waals surface area contributed by atoms with Gasteiger partial charge in [0, 0.05) is 32.2 Å². The molecule has 124 valence electrons. The lowest BCUT2D eigenvalue weighted by atomic mass is 9.82. The van der Waals surface area contributed by atoms with Gasteiger partial charge in [0.15, 0.2) is 5.96 Å². The molecule has 1 fully saturated rings. The van der Waals surface area contributed by atoms with Gasteiger partial charge in [-0.15, -0.1) is 0 Å². The fourth-order valence-electron chi connectivity index (χ4n) is 3.43. The number of hydrogen-bond acceptors (Lipinski definition) is 3. The van der Waals surface area contributed by atoms with Crippen LogP contribution in [0.2, 0.25) is 0 Å². The fourth-order valence-corrected chi connectivity index (χ4v) is 3.43. The van der Waals surface area contributed by atoms with Crippen LogP contribution in [-0.2, 0) is 6.42 Å². The molecule has 0 atom stereocenters. The first-order chi connectivity index (χ1) is 10.5. The van der Waals surface area contributed by atoms with Crippen molar-refractivity contribution in [3.8, 4) is 0 Å². The molecule has 0 amide bonds. The summed E-state index contributed by atoms with van der Waals surface area (Å²) in [4.78, 5) is 6.86. The first-order valence-electron chi connectivity index (χ1n) is 8.42. The quantitative estimate of drug-likeness (QED) is 0.671. The van der Waals surface area contributed by atoms with Crippen molar-refractivity contribution >= 4 is 5.96 Å². The van der Waals surface area contributed by atoms with Gasteiger partial charge < -0.3 is 14.7 Å². The molecule has 2 rings (SSSR count). The van der Waals surface area contributed by atoms with Crippen molar-refractivity contribution in [2.24, 2.45) is 10.4 Å². The highest BCUT2D eigenvalue weighted by atomic mass is 16.5. The molecule has 1 saturated heterocycles. The minimum absolute atomic E-state index is 0.472. The van der Waals surface area contributed by atoms with Crippen molar-refractivity contribution < 1.29 is 4.52 Å². The molecule has 1 aliphatic heterocycles. The van der Waals surface area contributed by atoms with Gasteiger partial charge in [-0.3, -0.25) is 4.99 Å². The van der Waals surface area contributed by atoms with Gasteiger partial charge in [-0.25, -0.2) is 0 Å². The molecule has 22 heavy (non-hydrogen) atoms. The van der Waals surface area contributed by atoms with E-state index in [0.717, 1.165) is 43.5 Å². The lowest BCUT2D eigenvalue weighted by molar-refractivity contribution is 0.276. The van der Waals surface area contributed by atoms with Crippen LogP contribution in [-0.4, -0.2) is 42.7 Å². The van der Waals surface area contributed by atoms with Crippen molar-refractivity contribution in [3.05, 3.63) is 17.0 Å². The van der Waals surface area contributed by atoms with Crippen LogP contribution in [0.5, 0.6) is 0 Å². The Kier molecular flexibility index (Phi) is 5.48. The second kappa shape index (κ2) is 7.16. The standard InChI is InChI=1S/C17H30N4O/c1-6-17(7-2)9-11-21(12-17)16(18-5)19-10-8-15-13(3)20-22-14(15)4/h6-12H2,1-5H3,(H,18,19). The largest absolute Gasteiger partial charge is 0.361 e. The number of aliphatic imine (C=N–C) groups is 1. The van der Waals surface area contributed by atoms with Gasteiger partial charge in [-0.1, -0.05) is 19.0 Å². The Bertz CT molecular complexity index is 497. The average Bonchev–Trinajstić information content (AvgIpc) is 3.10. The van der Waals surface area contributed by atoms with Crippen LogP contribution in [0.4, 0.5) is 0 Å². The molecular formula is C17H30N4O. The molecule has 0 aliphatic carbocycles. The predicted molar refractivity (Wildman–Crippen MR) is 90.2 cm³/mol. The predicted octanol–water partition coefficient (Wildman–Crippen LogP) is 2.92. The Balaban J connectivity index is 1.89. The lowest BCUT2D eigenvalue weighted by Crippen LogP contribution is -2.42. The molecule has 0 aromatic carbocycles. The molecule has 2 heterocycles. The fraction of sp³-hybridized carbons (Fsp3) is 0.765. The molecule has 1 N–H and O–H groups in total. The number of nitrogens with zero attached hydrogens (tertiary/aromatic N) is 3. The lowest BCUT2D eigenvalue weighted by Gasteiger charge is -2.28. The van der Waals surface area contributed by atoms with E-state index in [9.17, 15) is 0 Å². The van der Waals surface area contributed by atoms with Gasteiger partial charge in [0.2, 0.25) is 0 Å². The van der Waals surface area contributed by atoms with Crippen LogP contribution < -0.4 is 5.32 Å². The molecule has 5 heteroatoms. The summed E-state index contributed by atoms with van der Waals surface area (Å²) < 4.78 is 5.22. The summed E-state index contributed by atoms with van der Waals surface area (Å²) >= 11 is 0. The second-order valence-corrected chi connectivity index (χ2v) is 6.41. The molecule has 0 saturated carbocycles. The normalized spacial score (nSPS) is 18.0. The molecule has 5 nitrogen and oxygen atoms in total. The van der Waals surface area contributed by atoms with Gasteiger partial charge in [-0.05, 0) is 44.9 Å². The summed E-state index contributed by atoms with van der Waals surface area (Å²) in [6.45, 7) is 11.7. The highest BCUT2D eigenvalue weighted by molar-refractivity contribution is 5.80. The third-order valence-electron chi connectivity index (χ3n) is 5.29. The minimum Gasteiger partial charge on any atom is -0.361 e. The molecule has 1 aromatic heterocycles. The smallest absolute Gasteiger partial charge is 0.193 e. The number of aromatic nitrogens is 1. The van der Waals surface area contributed by atoms with E-state index in [1.165, 1.54) is 24.8 Å². The minimum atomic E-state index is 0.472. The maximum atomic E-state index is 5.22. The van der Waals surface area contributed by atoms with Crippen LogP contribution in [0, 0.1) is 19.3 Å². The van der Waals surface area contributed by atoms with Crippen molar-refractivity contribution in [2.75, 3.05) is 26.7 Å². The van der Waals surface area contributed by atoms with E-state index in [1.54, 1.807) is 0 Å². The molecule has 0 unspecified atom stereocenters. The van der Waals surface area contributed by atoms with Crippen LogP contribution in [0.25, 0.3) is 0 Å². The van der Waals surface area contributed by atoms with E-state index < -0.39 is 0 Å². The first-order valence-corrected chi connectivity index (χ1v) is 8.42. The average molecular weight is 306 g/mol. The molecule has 0 bridgehead atoms. The SMILES string of the molecule is CCC1(CC)CCN(C(=NC)NCCc2c(C)noc2C)C1. The number of nitrogens with one attached hydrogen (secondary N) is 1. The van der Waals surface area contributed by atoms with Crippen LogP contribution >= 0.6 is 0 Å². The van der Waals surface area contributed by atoms with Crippen LogP contribution in [0.1, 0.15) is 50.1 Å². The Labute approximate surface area is 134 Å². The number of guanidine groups is 1. The maximum Gasteiger partial charge on any atom is 0.193 e. The van der Waals surface area contributed by atoms with Gasteiger partial charge in [0.1, 0.15) is 5.76 Å². The Hall–Kier alpha value is -1.52. The van der Waals surface area contributed by atoms with Crippen molar-refractivity contribution in [1.82, 2.24) is 15.4 Å². The van der Waals surface area contributed by atoms with Crippen LogP contribution in [0.15, 0.2) is 9.52 Å². The monoisotopic (exact) mass is 306 g/mol. The maximum absolute atomic E-state index is 5.22. The molecule has 0 radical (unpaired) electrons. The zero-order chi connectivity index (χ0) is 16.2. The number of likely N-dealkylation sites (tertiary alicyclic amines) is 1. The zero-order valence-electron chi connectivity index (χ0n) is 14.7. The van der Waals surface area contributed by atoms with Crippen LogP contribution in [0.3, 0.4) is 0 Å². The number of aryl methyl sites for hydroxylation is 2. The number of hydrogen-bond donors (Lipinski definition) is 1. The summed E-state index contributed by atoms with van der Waals surface area (Å²) in [5.41, 5.74) is 2.67.